The zero-order chi connectivity index (χ0) is 18.0. The molecule has 0 saturated carbocycles. The van der Waals surface area contributed by atoms with E-state index in [-0.39, 0.29) is 0 Å². The van der Waals surface area contributed by atoms with Crippen molar-refractivity contribution in [3.8, 4) is 5.69 Å². The van der Waals surface area contributed by atoms with E-state index in [9.17, 15) is 5.11 Å². The number of β-amino-alcohol motifs (C(OH)–C–C–N with tert-alkyl or cyclic N) is 1. The molecule has 0 bridgehead atoms. The number of rotatable bonds is 5. The number of nitrogens with zero attached hydrogens (tertiary/aromatic N) is 5. The second-order valence-electron chi connectivity index (χ2n) is 7.02. The van der Waals surface area contributed by atoms with Gasteiger partial charge in [0.1, 0.15) is 0 Å². The van der Waals surface area contributed by atoms with Gasteiger partial charge in [-0.05, 0) is 44.5 Å². The molecule has 0 radical (unpaired) electrons. The third-order valence-electron chi connectivity index (χ3n) is 4.79. The van der Waals surface area contributed by atoms with Crippen LogP contribution in [0.15, 0.2) is 47.1 Å². The fourth-order valence-electron chi connectivity index (χ4n) is 3.66. The second kappa shape index (κ2) is 7.01. The van der Waals surface area contributed by atoms with Crippen LogP contribution in [0.25, 0.3) is 5.69 Å². The highest BCUT2D eigenvalue weighted by atomic mass is 16.5. The molecule has 1 fully saturated rings. The summed E-state index contributed by atoms with van der Waals surface area (Å²) in [5.74, 6) is 1.10. The maximum Gasteiger partial charge on any atom is 0.229 e. The fraction of sp³-hybridized carbons (Fsp3) is 0.421. The lowest BCUT2D eigenvalue weighted by molar-refractivity contribution is -0.0378. The van der Waals surface area contributed by atoms with Crippen molar-refractivity contribution in [2.45, 2.75) is 38.3 Å². The van der Waals surface area contributed by atoms with Gasteiger partial charge in [0.05, 0.1) is 23.4 Å². The number of benzene rings is 1. The lowest BCUT2D eigenvalue weighted by Crippen LogP contribution is -2.49. The van der Waals surface area contributed by atoms with Crippen LogP contribution in [0.1, 0.15) is 30.3 Å². The number of aryl methyl sites for hydroxylation is 1. The van der Waals surface area contributed by atoms with Crippen molar-refractivity contribution in [3.63, 3.8) is 0 Å². The summed E-state index contributed by atoms with van der Waals surface area (Å²) >= 11 is 0. The number of hydrogen-bond donors (Lipinski definition) is 1. The van der Waals surface area contributed by atoms with Crippen molar-refractivity contribution in [1.82, 2.24) is 24.8 Å². The van der Waals surface area contributed by atoms with Crippen molar-refractivity contribution in [2.24, 2.45) is 0 Å². The van der Waals surface area contributed by atoms with Gasteiger partial charge >= 0.3 is 0 Å². The molecule has 0 amide bonds. The number of piperidine rings is 1. The summed E-state index contributed by atoms with van der Waals surface area (Å²) in [7, 11) is 0. The Hall–Kier alpha value is -2.51. The van der Waals surface area contributed by atoms with Crippen LogP contribution in [0.4, 0.5) is 0 Å². The van der Waals surface area contributed by atoms with Gasteiger partial charge in [0.25, 0.3) is 0 Å². The van der Waals surface area contributed by atoms with Crippen LogP contribution in [0, 0.1) is 6.92 Å². The van der Waals surface area contributed by atoms with Crippen LogP contribution in [0.5, 0.6) is 0 Å². The van der Waals surface area contributed by atoms with Gasteiger partial charge in [-0.25, -0.2) is 4.68 Å². The molecule has 1 unspecified atom stereocenters. The summed E-state index contributed by atoms with van der Waals surface area (Å²) in [5, 5.41) is 19.3. The van der Waals surface area contributed by atoms with Gasteiger partial charge in [-0.3, -0.25) is 4.90 Å². The summed E-state index contributed by atoms with van der Waals surface area (Å²) in [5.41, 5.74) is 1.31. The van der Waals surface area contributed by atoms with E-state index in [2.05, 4.69) is 20.1 Å². The molecular formula is C19H23N5O2. The van der Waals surface area contributed by atoms with Gasteiger partial charge in [-0.15, -0.1) is 0 Å². The zero-order valence-electron chi connectivity index (χ0n) is 14.9. The first kappa shape index (κ1) is 16.9. The molecule has 7 heteroatoms. The molecule has 1 N–H and O–H groups in total. The van der Waals surface area contributed by atoms with Gasteiger partial charge in [0.15, 0.2) is 5.82 Å². The standard InChI is InChI=1S/C19H23N5O2/c1-15-21-18(26-22-15)12-19(25)9-5-11-23(14-19)13-17-8-10-20-24(17)16-6-3-2-4-7-16/h2-4,6-8,10,25H,5,9,11-14H2,1H3. The Bertz CT molecular complexity index is 860. The fourth-order valence-corrected chi connectivity index (χ4v) is 3.66. The SMILES string of the molecule is Cc1noc(CC2(O)CCCN(Cc3ccnn3-c3ccccc3)C2)n1. The number of aromatic nitrogens is 4. The Morgan fingerprint density at radius 3 is 2.85 bits per heavy atom. The third kappa shape index (κ3) is 3.68. The summed E-state index contributed by atoms with van der Waals surface area (Å²) in [6.45, 7) is 4.05. The third-order valence-corrected chi connectivity index (χ3v) is 4.79. The molecule has 1 saturated heterocycles. The predicted molar refractivity (Wildman–Crippen MR) is 95.8 cm³/mol. The summed E-state index contributed by atoms with van der Waals surface area (Å²) in [6.07, 6.45) is 3.88. The van der Waals surface area contributed by atoms with Crippen LogP contribution in [0.3, 0.4) is 0 Å². The maximum atomic E-state index is 11.0. The quantitative estimate of drug-likeness (QED) is 0.757. The van der Waals surface area contributed by atoms with Crippen molar-refractivity contribution >= 4 is 0 Å². The predicted octanol–water partition coefficient (Wildman–Crippen LogP) is 2.13. The molecule has 7 nitrogen and oxygen atoms in total. The highest BCUT2D eigenvalue weighted by molar-refractivity contribution is 5.32. The van der Waals surface area contributed by atoms with Crippen LogP contribution < -0.4 is 0 Å². The van der Waals surface area contributed by atoms with Crippen LogP contribution >= 0.6 is 0 Å². The second-order valence-corrected chi connectivity index (χ2v) is 7.02. The average Bonchev–Trinajstić information content (AvgIpc) is 3.24. The molecule has 0 aliphatic carbocycles. The van der Waals surface area contributed by atoms with E-state index in [1.165, 1.54) is 0 Å². The number of para-hydroxylation sites is 1. The zero-order valence-corrected chi connectivity index (χ0v) is 14.9. The monoisotopic (exact) mass is 353 g/mol. The Labute approximate surface area is 152 Å². The van der Waals surface area contributed by atoms with Crippen molar-refractivity contribution < 1.29 is 9.63 Å². The molecule has 26 heavy (non-hydrogen) atoms. The largest absolute Gasteiger partial charge is 0.388 e. The van der Waals surface area contributed by atoms with E-state index in [1.54, 1.807) is 6.92 Å². The van der Waals surface area contributed by atoms with Crippen molar-refractivity contribution in [2.75, 3.05) is 13.1 Å². The molecule has 1 atom stereocenters. The summed E-state index contributed by atoms with van der Waals surface area (Å²) in [4.78, 5) is 6.50. The van der Waals surface area contributed by atoms with E-state index in [0.717, 1.165) is 37.3 Å². The first-order valence-corrected chi connectivity index (χ1v) is 8.94. The van der Waals surface area contributed by atoms with E-state index in [4.69, 9.17) is 4.52 Å². The molecule has 136 valence electrons. The molecule has 3 aromatic rings. The number of hydrogen-bond acceptors (Lipinski definition) is 6. The van der Waals surface area contributed by atoms with Gasteiger partial charge < -0.3 is 9.63 Å². The first-order chi connectivity index (χ1) is 12.6. The lowest BCUT2D eigenvalue weighted by Gasteiger charge is -2.38. The minimum absolute atomic E-state index is 0.391. The molecule has 1 aliphatic rings. The molecular weight excluding hydrogens is 330 g/mol. The van der Waals surface area contributed by atoms with Crippen molar-refractivity contribution in [1.29, 1.82) is 0 Å². The minimum Gasteiger partial charge on any atom is -0.388 e. The first-order valence-electron chi connectivity index (χ1n) is 8.94. The highest BCUT2D eigenvalue weighted by Crippen LogP contribution is 2.26. The lowest BCUT2D eigenvalue weighted by atomic mass is 9.89. The van der Waals surface area contributed by atoms with E-state index < -0.39 is 5.60 Å². The van der Waals surface area contributed by atoms with Gasteiger partial charge in [0, 0.05) is 19.3 Å². The molecule has 1 aliphatic heterocycles. The van der Waals surface area contributed by atoms with E-state index in [0.29, 0.717) is 24.7 Å². The minimum atomic E-state index is -0.838. The van der Waals surface area contributed by atoms with Gasteiger partial charge in [-0.2, -0.15) is 10.1 Å². The van der Waals surface area contributed by atoms with Gasteiger partial charge in [0.2, 0.25) is 5.89 Å². The summed E-state index contributed by atoms with van der Waals surface area (Å²) < 4.78 is 7.15. The smallest absolute Gasteiger partial charge is 0.229 e. The van der Waals surface area contributed by atoms with Crippen molar-refractivity contribution in [3.05, 3.63) is 60.0 Å². The van der Waals surface area contributed by atoms with Crippen LogP contribution in [-0.2, 0) is 13.0 Å². The number of likely N-dealkylation sites (tertiary alicyclic amines) is 1. The molecule has 4 rings (SSSR count). The number of aliphatic hydroxyl groups is 1. The topological polar surface area (TPSA) is 80.2 Å². The van der Waals surface area contributed by atoms with Crippen LogP contribution in [-0.4, -0.2) is 48.6 Å². The molecule has 1 aromatic carbocycles. The normalized spacial score (nSPS) is 21.2. The van der Waals surface area contributed by atoms with E-state index in [1.807, 2.05) is 47.3 Å². The Kier molecular flexibility index (Phi) is 4.57. The molecule has 3 heterocycles. The average molecular weight is 353 g/mol. The molecule has 0 spiro atoms. The Balaban J connectivity index is 1.47. The summed E-state index contributed by atoms with van der Waals surface area (Å²) in [6, 6.07) is 12.1. The Morgan fingerprint density at radius 2 is 2.08 bits per heavy atom. The Morgan fingerprint density at radius 1 is 1.23 bits per heavy atom. The molecule has 2 aromatic heterocycles. The highest BCUT2D eigenvalue weighted by Gasteiger charge is 2.35. The maximum absolute atomic E-state index is 11.0. The van der Waals surface area contributed by atoms with Gasteiger partial charge in [-0.1, -0.05) is 23.4 Å². The van der Waals surface area contributed by atoms with Crippen LogP contribution in [0.2, 0.25) is 0 Å². The van der Waals surface area contributed by atoms with E-state index >= 15 is 0 Å².